The molecule has 0 amide bonds. The highest BCUT2D eigenvalue weighted by molar-refractivity contribution is 4.79. The summed E-state index contributed by atoms with van der Waals surface area (Å²) in [5, 5.41) is 3.12. The standard InChI is InChI=1S/C9H16F4N2/c1-7-5-15(4-2-3-14-7)6-9(12,13)8(10)11/h7-8,14H,2-6H2,1H3. The summed E-state index contributed by atoms with van der Waals surface area (Å²) in [7, 11) is 0. The van der Waals surface area contributed by atoms with Gasteiger partial charge < -0.3 is 5.32 Å². The van der Waals surface area contributed by atoms with Gasteiger partial charge in [-0.05, 0) is 26.4 Å². The Morgan fingerprint density at radius 3 is 2.73 bits per heavy atom. The van der Waals surface area contributed by atoms with Crippen LogP contribution in [0.15, 0.2) is 0 Å². The van der Waals surface area contributed by atoms with E-state index in [-0.39, 0.29) is 6.04 Å². The van der Waals surface area contributed by atoms with Crippen LogP contribution in [0, 0.1) is 0 Å². The zero-order valence-electron chi connectivity index (χ0n) is 8.65. The third kappa shape index (κ3) is 3.95. The van der Waals surface area contributed by atoms with Gasteiger partial charge in [-0.25, -0.2) is 8.78 Å². The van der Waals surface area contributed by atoms with Gasteiger partial charge in [-0.1, -0.05) is 0 Å². The Bertz CT molecular complexity index is 199. The largest absolute Gasteiger partial charge is 0.319 e. The summed E-state index contributed by atoms with van der Waals surface area (Å²) in [5.41, 5.74) is 0. The molecule has 1 rings (SSSR count). The number of rotatable bonds is 3. The Labute approximate surface area is 86.6 Å². The van der Waals surface area contributed by atoms with Crippen LogP contribution in [0.5, 0.6) is 0 Å². The normalized spacial score (nSPS) is 25.6. The minimum absolute atomic E-state index is 0.0703. The van der Waals surface area contributed by atoms with Gasteiger partial charge in [0.1, 0.15) is 0 Å². The highest BCUT2D eigenvalue weighted by atomic mass is 19.3. The van der Waals surface area contributed by atoms with Gasteiger partial charge in [0.25, 0.3) is 0 Å². The molecule has 0 radical (unpaired) electrons. The molecule has 0 bridgehead atoms. The fourth-order valence-electron chi connectivity index (χ4n) is 1.71. The van der Waals surface area contributed by atoms with E-state index in [1.807, 2.05) is 6.92 Å². The molecule has 1 heterocycles. The third-order valence-corrected chi connectivity index (χ3v) is 2.43. The van der Waals surface area contributed by atoms with Gasteiger partial charge >= 0.3 is 12.3 Å². The molecule has 6 heteroatoms. The fourth-order valence-corrected chi connectivity index (χ4v) is 1.71. The first-order valence-corrected chi connectivity index (χ1v) is 5.03. The fraction of sp³-hybridized carbons (Fsp3) is 1.00. The highest BCUT2D eigenvalue weighted by Crippen LogP contribution is 2.24. The number of hydrogen-bond acceptors (Lipinski definition) is 2. The maximum absolute atomic E-state index is 12.8. The lowest BCUT2D eigenvalue weighted by atomic mass is 10.2. The average Bonchev–Trinajstić information content (AvgIpc) is 2.28. The summed E-state index contributed by atoms with van der Waals surface area (Å²) < 4.78 is 49.5. The lowest BCUT2D eigenvalue weighted by molar-refractivity contribution is -0.142. The first kappa shape index (κ1) is 12.7. The maximum Gasteiger partial charge on any atom is 0.319 e. The van der Waals surface area contributed by atoms with Crippen molar-refractivity contribution >= 4 is 0 Å². The molecule has 1 aliphatic rings. The molecule has 1 aliphatic heterocycles. The van der Waals surface area contributed by atoms with Gasteiger partial charge in [-0.3, -0.25) is 4.90 Å². The Hall–Kier alpha value is -0.360. The van der Waals surface area contributed by atoms with Crippen LogP contribution in [0.2, 0.25) is 0 Å². The first-order chi connectivity index (χ1) is 6.92. The van der Waals surface area contributed by atoms with E-state index < -0.39 is 18.9 Å². The second kappa shape index (κ2) is 5.12. The molecule has 1 N–H and O–H groups in total. The van der Waals surface area contributed by atoms with Gasteiger partial charge in [0, 0.05) is 12.6 Å². The second-order valence-electron chi connectivity index (χ2n) is 4.01. The predicted molar refractivity (Wildman–Crippen MR) is 49.5 cm³/mol. The summed E-state index contributed by atoms with van der Waals surface area (Å²) in [5.74, 6) is -3.90. The maximum atomic E-state index is 12.8. The monoisotopic (exact) mass is 228 g/mol. The van der Waals surface area contributed by atoms with Crippen molar-refractivity contribution in [1.82, 2.24) is 10.2 Å². The summed E-state index contributed by atoms with van der Waals surface area (Å²) >= 11 is 0. The Balaban J connectivity index is 2.48. The van der Waals surface area contributed by atoms with Crippen molar-refractivity contribution in [3.8, 4) is 0 Å². The molecule has 1 atom stereocenters. The van der Waals surface area contributed by atoms with E-state index in [0.717, 1.165) is 6.54 Å². The Morgan fingerprint density at radius 2 is 2.13 bits per heavy atom. The van der Waals surface area contributed by atoms with E-state index in [2.05, 4.69) is 5.32 Å². The van der Waals surface area contributed by atoms with E-state index in [9.17, 15) is 17.6 Å². The average molecular weight is 228 g/mol. The topological polar surface area (TPSA) is 15.3 Å². The predicted octanol–water partition coefficient (Wildman–Crippen LogP) is 1.57. The van der Waals surface area contributed by atoms with Crippen LogP contribution in [-0.4, -0.2) is 49.5 Å². The van der Waals surface area contributed by atoms with Crippen LogP contribution in [-0.2, 0) is 0 Å². The number of halogens is 4. The molecule has 0 aromatic carbocycles. The number of nitrogens with zero attached hydrogens (tertiary/aromatic N) is 1. The van der Waals surface area contributed by atoms with Crippen molar-refractivity contribution in [1.29, 1.82) is 0 Å². The lowest BCUT2D eigenvalue weighted by Gasteiger charge is -2.26. The first-order valence-electron chi connectivity index (χ1n) is 5.03. The molecule has 1 fully saturated rings. The lowest BCUT2D eigenvalue weighted by Crippen LogP contribution is -2.44. The highest BCUT2D eigenvalue weighted by Gasteiger charge is 2.42. The SMILES string of the molecule is CC1CN(CC(F)(F)C(F)F)CCCN1. The van der Waals surface area contributed by atoms with Crippen molar-refractivity contribution in [2.24, 2.45) is 0 Å². The van der Waals surface area contributed by atoms with Crippen LogP contribution in [0.4, 0.5) is 17.6 Å². The van der Waals surface area contributed by atoms with Crippen molar-refractivity contribution in [2.45, 2.75) is 31.7 Å². The molecule has 15 heavy (non-hydrogen) atoms. The Morgan fingerprint density at radius 1 is 1.47 bits per heavy atom. The summed E-state index contributed by atoms with van der Waals surface area (Å²) in [6.45, 7) is 2.59. The molecule has 0 aromatic rings. The minimum Gasteiger partial charge on any atom is -0.313 e. The van der Waals surface area contributed by atoms with E-state index >= 15 is 0 Å². The smallest absolute Gasteiger partial charge is 0.313 e. The summed E-state index contributed by atoms with van der Waals surface area (Å²) in [4.78, 5) is 1.40. The minimum atomic E-state index is -3.90. The zero-order chi connectivity index (χ0) is 11.5. The van der Waals surface area contributed by atoms with Gasteiger partial charge in [-0.15, -0.1) is 0 Å². The Kier molecular flexibility index (Phi) is 4.33. The van der Waals surface area contributed by atoms with Gasteiger partial charge in [0.15, 0.2) is 0 Å². The molecule has 90 valence electrons. The zero-order valence-corrected chi connectivity index (χ0v) is 8.65. The van der Waals surface area contributed by atoms with Crippen LogP contribution in [0.1, 0.15) is 13.3 Å². The van der Waals surface area contributed by atoms with Gasteiger partial charge in [0.05, 0.1) is 6.54 Å². The molecular weight excluding hydrogens is 212 g/mol. The second-order valence-corrected chi connectivity index (χ2v) is 4.01. The molecular formula is C9H16F4N2. The van der Waals surface area contributed by atoms with Crippen molar-refractivity contribution in [3.05, 3.63) is 0 Å². The van der Waals surface area contributed by atoms with Gasteiger partial charge in [0.2, 0.25) is 0 Å². The number of nitrogens with one attached hydrogen (secondary N) is 1. The van der Waals surface area contributed by atoms with E-state index in [1.54, 1.807) is 0 Å². The van der Waals surface area contributed by atoms with Crippen LogP contribution < -0.4 is 5.32 Å². The van der Waals surface area contributed by atoms with Crippen molar-refractivity contribution in [3.63, 3.8) is 0 Å². The summed E-state index contributed by atoms with van der Waals surface area (Å²) in [6, 6.07) is 0.0703. The molecule has 1 saturated heterocycles. The van der Waals surface area contributed by atoms with Gasteiger partial charge in [-0.2, -0.15) is 8.78 Å². The molecule has 0 saturated carbocycles. The van der Waals surface area contributed by atoms with E-state index in [4.69, 9.17) is 0 Å². The molecule has 2 nitrogen and oxygen atoms in total. The number of alkyl halides is 4. The molecule has 0 spiro atoms. The van der Waals surface area contributed by atoms with Crippen LogP contribution >= 0.6 is 0 Å². The molecule has 0 aliphatic carbocycles. The van der Waals surface area contributed by atoms with E-state index in [1.165, 1.54) is 4.90 Å². The van der Waals surface area contributed by atoms with Crippen LogP contribution in [0.25, 0.3) is 0 Å². The van der Waals surface area contributed by atoms with Crippen molar-refractivity contribution < 1.29 is 17.6 Å². The molecule has 1 unspecified atom stereocenters. The summed E-state index contributed by atoms with van der Waals surface area (Å²) in [6.07, 6.45) is -2.87. The molecule has 0 aromatic heterocycles. The van der Waals surface area contributed by atoms with Crippen LogP contribution in [0.3, 0.4) is 0 Å². The third-order valence-electron chi connectivity index (χ3n) is 2.43. The number of hydrogen-bond donors (Lipinski definition) is 1. The van der Waals surface area contributed by atoms with E-state index in [0.29, 0.717) is 19.5 Å². The quantitative estimate of drug-likeness (QED) is 0.738. The van der Waals surface area contributed by atoms with Crippen molar-refractivity contribution in [2.75, 3.05) is 26.2 Å².